The Bertz CT molecular complexity index is 1550. The van der Waals surface area contributed by atoms with Crippen molar-refractivity contribution in [3.8, 4) is 5.75 Å². The maximum atomic E-state index is 13.6. The van der Waals surface area contributed by atoms with Crippen molar-refractivity contribution in [3.63, 3.8) is 0 Å². The smallest absolute Gasteiger partial charge is 0.195 e. The van der Waals surface area contributed by atoms with Crippen LogP contribution in [0.25, 0.3) is 10.9 Å². The second kappa shape index (κ2) is 8.38. The average Bonchev–Trinajstić information content (AvgIpc) is 3.22. The highest BCUT2D eigenvalue weighted by atomic mass is 32.2. The molecule has 0 saturated carbocycles. The van der Waals surface area contributed by atoms with Crippen LogP contribution in [0.2, 0.25) is 0 Å². The molecular weight excluding hydrogens is 458 g/mol. The second-order valence-corrected chi connectivity index (χ2v) is 12.1. The van der Waals surface area contributed by atoms with Gasteiger partial charge in [-0.25, -0.2) is 8.42 Å². The van der Waals surface area contributed by atoms with Crippen LogP contribution in [-0.4, -0.2) is 31.0 Å². The molecule has 1 aliphatic carbocycles. The normalized spacial score (nSPS) is 14.7. The zero-order chi connectivity index (χ0) is 25.0. The van der Waals surface area contributed by atoms with Crippen LogP contribution in [0.1, 0.15) is 60.4 Å². The average molecular weight is 488 g/mol. The van der Waals surface area contributed by atoms with Crippen LogP contribution in [0.4, 0.5) is 0 Å². The Balaban J connectivity index is 1.54. The number of aromatic amines is 1. The zero-order valence-corrected chi connectivity index (χ0v) is 21.2. The van der Waals surface area contributed by atoms with Crippen molar-refractivity contribution in [2.24, 2.45) is 0 Å². The van der Waals surface area contributed by atoms with Crippen molar-refractivity contribution >= 4 is 26.5 Å². The second-order valence-electron chi connectivity index (χ2n) is 9.96. The molecule has 35 heavy (non-hydrogen) atoms. The summed E-state index contributed by atoms with van der Waals surface area (Å²) in [6.45, 7) is 8.08. The molecule has 6 heteroatoms. The number of fused-ring (bicyclic) bond motifs is 4. The van der Waals surface area contributed by atoms with E-state index < -0.39 is 15.3 Å². The summed E-state index contributed by atoms with van der Waals surface area (Å²) in [6.07, 6.45) is 0.477. The third-order valence-electron chi connectivity index (χ3n) is 6.76. The van der Waals surface area contributed by atoms with Gasteiger partial charge in [0.25, 0.3) is 0 Å². The molecule has 0 amide bonds. The Kier molecular flexibility index (Phi) is 5.59. The number of rotatable bonds is 6. The van der Waals surface area contributed by atoms with E-state index in [4.69, 9.17) is 4.74 Å². The molecule has 0 saturated heterocycles. The van der Waals surface area contributed by atoms with Gasteiger partial charge in [0, 0.05) is 27.6 Å². The Morgan fingerprint density at radius 2 is 1.71 bits per heavy atom. The highest BCUT2D eigenvalue weighted by Gasteiger charge is 2.40. The van der Waals surface area contributed by atoms with Gasteiger partial charge in [-0.3, -0.25) is 4.79 Å². The molecule has 180 valence electrons. The molecule has 1 aromatic heterocycles. The summed E-state index contributed by atoms with van der Waals surface area (Å²) >= 11 is 0. The van der Waals surface area contributed by atoms with Crippen LogP contribution < -0.4 is 4.74 Å². The minimum atomic E-state index is -3.49. The number of hydrogen-bond donors (Lipinski definition) is 1. The molecule has 5 rings (SSSR count). The third-order valence-corrected chi connectivity index (χ3v) is 8.48. The van der Waals surface area contributed by atoms with Crippen molar-refractivity contribution < 1.29 is 17.9 Å². The molecule has 1 heterocycles. The fraction of sp³-hybridized carbons (Fsp3) is 0.276. The first-order valence-electron chi connectivity index (χ1n) is 11.9. The van der Waals surface area contributed by atoms with Gasteiger partial charge in [0.2, 0.25) is 0 Å². The predicted octanol–water partition coefficient (Wildman–Crippen LogP) is 5.84. The topological polar surface area (TPSA) is 76.2 Å². The van der Waals surface area contributed by atoms with Gasteiger partial charge in [-0.15, -0.1) is 0 Å². The van der Waals surface area contributed by atoms with Crippen molar-refractivity contribution in [3.05, 3.63) is 94.7 Å². The van der Waals surface area contributed by atoms with Crippen molar-refractivity contribution in [2.45, 2.75) is 50.5 Å². The number of sulfone groups is 1. The van der Waals surface area contributed by atoms with Gasteiger partial charge in [-0.2, -0.15) is 0 Å². The summed E-state index contributed by atoms with van der Waals surface area (Å²) in [5.41, 5.74) is 4.12. The molecule has 0 spiro atoms. The summed E-state index contributed by atoms with van der Waals surface area (Å²) in [6, 6.07) is 20.3. The van der Waals surface area contributed by atoms with E-state index in [2.05, 4.69) is 18.8 Å². The lowest BCUT2D eigenvalue weighted by molar-refractivity contribution is 0.103. The minimum Gasteiger partial charge on any atom is -0.491 e. The van der Waals surface area contributed by atoms with Crippen LogP contribution in [0.15, 0.2) is 71.6 Å². The van der Waals surface area contributed by atoms with E-state index in [-0.39, 0.29) is 22.5 Å². The Labute approximate surface area is 206 Å². The quantitative estimate of drug-likeness (QED) is 0.371. The van der Waals surface area contributed by atoms with Crippen LogP contribution in [-0.2, 0) is 21.7 Å². The monoisotopic (exact) mass is 487 g/mol. The molecule has 3 aromatic carbocycles. The summed E-state index contributed by atoms with van der Waals surface area (Å²) < 4.78 is 32.1. The number of carbonyl (C=O) groups is 1. The van der Waals surface area contributed by atoms with Crippen LogP contribution >= 0.6 is 0 Å². The number of aromatic nitrogens is 1. The van der Waals surface area contributed by atoms with E-state index >= 15 is 0 Å². The van der Waals surface area contributed by atoms with Gasteiger partial charge in [0.1, 0.15) is 5.75 Å². The van der Waals surface area contributed by atoms with Crippen molar-refractivity contribution in [1.82, 2.24) is 4.98 Å². The fourth-order valence-electron chi connectivity index (χ4n) is 4.94. The summed E-state index contributed by atoms with van der Waals surface area (Å²) in [5.74, 6) is 0.694. The van der Waals surface area contributed by atoms with Crippen LogP contribution in [0.3, 0.4) is 0 Å². The molecule has 0 aliphatic heterocycles. The number of benzene rings is 3. The van der Waals surface area contributed by atoms with Gasteiger partial charge in [-0.1, -0.05) is 50.2 Å². The number of nitrogens with one attached hydrogen (secondary N) is 1. The van der Waals surface area contributed by atoms with Gasteiger partial charge in [0.05, 0.1) is 22.3 Å². The number of aryl methyl sites for hydroxylation is 1. The molecule has 0 radical (unpaired) electrons. The maximum absolute atomic E-state index is 13.6. The number of H-pyrrole nitrogens is 1. The molecule has 0 atom stereocenters. The molecule has 0 fully saturated rings. The largest absolute Gasteiger partial charge is 0.491 e. The predicted molar refractivity (Wildman–Crippen MR) is 138 cm³/mol. The summed E-state index contributed by atoms with van der Waals surface area (Å²) in [4.78, 5) is 17.2. The van der Waals surface area contributed by atoms with Gasteiger partial charge < -0.3 is 9.72 Å². The van der Waals surface area contributed by atoms with E-state index in [0.29, 0.717) is 23.1 Å². The van der Waals surface area contributed by atoms with E-state index in [1.165, 1.54) is 0 Å². The van der Waals surface area contributed by atoms with E-state index in [0.717, 1.165) is 28.0 Å². The highest BCUT2D eigenvalue weighted by Crippen LogP contribution is 2.45. The molecule has 0 unspecified atom stereocenters. The van der Waals surface area contributed by atoms with Crippen molar-refractivity contribution in [1.29, 1.82) is 0 Å². The minimum absolute atomic E-state index is 0.0252. The van der Waals surface area contributed by atoms with Crippen LogP contribution in [0.5, 0.6) is 5.75 Å². The Hall–Kier alpha value is -3.38. The molecule has 5 nitrogen and oxygen atoms in total. The highest BCUT2D eigenvalue weighted by molar-refractivity contribution is 7.91. The first-order valence-corrected chi connectivity index (χ1v) is 13.5. The van der Waals surface area contributed by atoms with Gasteiger partial charge >= 0.3 is 0 Å². The van der Waals surface area contributed by atoms with E-state index in [1.807, 2.05) is 62.4 Å². The number of hydrogen-bond acceptors (Lipinski definition) is 4. The standard InChI is InChI=1S/C29H29NO4S/c1-18(2)34-20-10-12-22-24(16-20)29(3,4)28-26(27(22)31)23-13-11-21(17-25(23)30-28)35(32,33)15-14-19-8-6-5-7-9-19/h5-13,16-18,30H,14-15H2,1-4H3. The number of ether oxygens (including phenoxy) is 1. The van der Waals surface area contributed by atoms with E-state index in [1.54, 1.807) is 18.2 Å². The fourth-order valence-corrected chi connectivity index (χ4v) is 6.26. The first-order chi connectivity index (χ1) is 16.6. The van der Waals surface area contributed by atoms with Crippen molar-refractivity contribution in [2.75, 3.05) is 5.75 Å². The summed E-state index contributed by atoms with van der Waals surface area (Å²) in [5, 5.41) is 0.744. The third kappa shape index (κ3) is 4.06. The lowest BCUT2D eigenvalue weighted by Gasteiger charge is -2.32. The maximum Gasteiger partial charge on any atom is 0.195 e. The SMILES string of the molecule is CC(C)Oc1ccc2c(c1)C(C)(C)c1[nH]c3cc(S(=O)(=O)CCc4ccccc4)ccc3c1C2=O. The van der Waals surface area contributed by atoms with Crippen LogP contribution in [0, 0.1) is 0 Å². The first kappa shape index (κ1) is 23.4. The molecule has 1 aliphatic rings. The molecule has 4 aromatic rings. The molecular formula is C29H29NO4S. The number of ketones is 1. The van der Waals surface area contributed by atoms with Gasteiger partial charge in [0.15, 0.2) is 15.6 Å². The van der Waals surface area contributed by atoms with Gasteiger partial charge in [-0.05, 0) is 61.7 Å². The molecule has 1 N–H and O–H groups in total. The number of carbonyl (C=O) groups excluding carboxylic acids is 1. The van der Waals surface area contributed by atoms with E-state index in [9.17, 15) is 13.2 Å². The summed E-state index contributed by atoms with van der Waals surface area (Å²) in [7, 11) is -3.49. The Morgan fingerprint density at radius 3 is 2.43 bits per heavy atom. The lowest BCUT2D eigenvalue weighted by Crippen LogP contribution is -2.30. The lowest BCUT2D eigenvalue weighted by atomic mass is 9.71. The Morgan fingerprint density at radius 1 is 0.971 bits per heavy atom. The zero-order valence-electron chi connectivity index (χ0n) is 20.4. The molecule has 0 bridgehead atoms.